The lowest BCUT2D eigenvalue weighted by Gasteiger charge is -2.17. The maximum atomic E-state index is 13.6. The van der Waals surface area contributed by atoms with Gasteiger partial charge in [-0.1, -0.05) is 29.8 Å². The molecule has 1 unspecified atom stereocenters. The molecule has 0 spiro atoms. The molecule has 0 aliphatic rings. The molecule has 0 bridgehead atoms. The Morgan fingerprint density at radius 3 is 2.89 bits per heavy atom. The van der Waals surface area contributed by atoms with Crippen molar-refractivity contribution in [3.8, 4) is 0 Å². The van der Waals surface area contributed by atoms with Crippen molar-refractivity contribution in [3.63, 3.8) is 0 Å². The first-order valence-corrected chi connectivity index (χ1v) is 6.55. The van der Waals surface area contributed by atoms with E-state index >= 15 is 0 Å². The summed E-state index contributed by atoms with van der Waals surface area (Å²) >= 11 is 5.71. The SMILES string of the molecule is CCCn1nncc1C(NC)c1ccc(Cl)c(F)c1. The molecule has 2 aromatic rings. The summed E-state index contributed by atoms with van der Waals surface area (Å²) in [7, 11) is 1.82. The number of hydrogen-bond donors (Lipinski definition) is 1. The molecule has 0 fully saturated rings. The maximum Gasteiger partial charge on any atom is 0.142 e. The van der Waals surface area contributed by atoms with Gasteiger partial charge in [-0.15, -0.1) is 5.10 Å². The smallest absolute Gasteiger partial charge is 0.142 e. The molecule has 0 saturated carbocycles. The number of aryl methyl sites for hydroxylation is 1. The quantitative estimate of drug-likeness (QED) is 0.917. The van der Waals surface area contributed by atoms with E-state index in [1.54, 1.807) is 18.3 Å². The van der Waals surface area contributed by atoms with Crippen molar-refractivity contribution in [3.05, 3.63) is 46.5 Å². The molecule has 1 heterocycles. The molecule has 6 heteroatoms. The highest BCUT2D eigenvalue weighted by Crippen LogP contribution is 2.24. The predicted molar refractivity (Wildman–Crippen MR) is 72.6 cm³/mol. The van der Waals surface area contributed by atoms with E-state index in [4.69, 9.17) is 11.6 Å². The molecule has 0 aliphatic heterocycles. The van der Waals surface area contributed by atoms with E-state index in [1.165, 1.54) is 6.07 Å². The number of rotatable bonds is 5. The highest BCUT2D eigenvalue weighted by Gasteiger charge is 2.18. The molecule has 102 valence electrons. The summed E-state index contributed by atoms with van der Waals surface area (Å²) in [6.45, 7) is 2.85. The van der Waals surface area contributed by atoms with Crippen molar-refractivity contribution in [2.75, 3.05) is 7.05 Å². The molecule has 1 aromatic carbocycles. The van der Waals surface area contributed by atoms with Crippen LogP contribution in [0.4, 0.5) is 4.39 Å². The highest BCUT2D eigenvalue weighted by molar-refractivity contribution is 6.30. The fourth-order valence-corrected chi connectivity index (χ4v) is 2.17. The van der Waals surface area contributed by atoms with E-state index in [0.717, 1.165) is 24.2 Å². The van der Waals surface area contributed by atoms with E-state index in [0.29, 0.717) is 0 Å². The van der Waals surface area contributed by atoms with E-state index in [1.807, 2.05) is 11.7 Å². The third-order valence-electron chi connectivity index (χ3n) is 2.94. The van der Waals surface area contributed by atoms with Gasteiger partial charge in [0.15, 0.2) is 0 Å². The second-order valence-electron chi connectivity index (χ2n) is 4.28. The van der Waals surface area contributed by atoms with Crippen LogP contribution in [0.1, 0.15) is 30.6 Å². The summed E-state index contributed by atoms with van der Waals surface area (Å²) in [4.78, 5) is 0. The van der Waals surface area contributed by atoms with Gasteiger partial charge in [0.25, 0.3) is 0 Å². The Morgan fingerprint density at radius 1 is 1.47 bits per heavy atom. The fourth-order valence-electron chi connectivity index (χ4n) is 2.05. The summed E-state index contributed by atoms with van der Waals surface area (Å²) in [5.74, 6) is -0.422. The second kappa shape index (κ2) is 6.12. The Morgan fingerprint density at radius 2 is 2.26 bits per heavy atom. The summed E-state index contributed by atoms with van der Waals surface area (Å²) in [5.41, 5.74) is 1.70. The average molecular weight is 283 g/mol. The van der Waals surface area contributed by atoms with Crippen molar-refractivity contribution in [1.82, 2.24) is 20.3 Å². The van der Waals surface area contributed by atoms with Gasteiger partial charge in [-0.2, -0.15) is 0 Å². The standard InChI is InChI=1S/C13H16ClFN4/c1-3-6-19-12(8-17-18-19)13(16-2)9-4-5-10(14)11(15)7-9/h4-5,7-8,13,16H,3,6H2,1-2H3. The van der Waals surface area contributed by atoms with Crippen LogP contribution < -0.4 is 5.32 Å². The van der Waals surface area contributed by atoms with Crippen molar-refractivity contribution in [2.24, 2.45) is 0 Å². The van der Waals surface area contributed by atoms with Crippen LogP contribution in [-0.4, -0.2) is 22.0 Å². The van der Waals surface area contributed by atoms with Gasteiger partial charge in [0, 0.05) is 6.54 Å². The average Bonchev–Trinajstić information content (AvgIpc) is 2.83. The molecule has 4 nitrogen and oxygen atoms in total. The van der Waals surface area contributed by atoms with Crippen LogP contribution in [0.5, 0.6) is 0 Å². The molecule has 0 amide bonds. The van der Waals surface area contributed by atoms with Crippen molar-refractivity contribution < 1.29 is 4.39 Å². The molecule has 0 saturated heterocycles. The lowest BCUT2D eigenvalue weighted by atomic mass is 10.0. The van der Waals surface area contributed by atoms with Gasteiger partial charge >= 0.3 is 0 Å². The summed E-state index contributed by atoms with van der Waals surface area (Å²) in [6.07, 6.45) is 2.66. The first kappa shape index (κ1) is 14.0. The van der Waals surface area contributed by atoms with Crippen LogP contribution in [0.3, 0.4) is 0 Å². The minimum atomic E-state index is -0.422. The van der Waals surface area contributed by atoms with Crippen LogP contribution in [0.25, 0.3) is 0 Å². The normalized spacial score (nSPS) is 12.6. The van der Waals surface area contributed by atoms with Gasteiger partial charge in [0.1, 0.15) is 5.82 Å². The monoisotopic (exact) mass is 282 g/mol. The second-order valence-corrected chi connectivity index (χ2v) is 4.68. The van der Waals surface area contributed by atoms with E-state index in [2.05, 4.69) is 22.6 Å². The van der Waals surface area contributed by atoms with Crippen molar-refractivity contribution in [2.45, 2.75) is 25.9 Å². The van der Waals surface area contributed by atoms with Crippen LogP contribution >= 0.6 is 11.6 Å². The zero-order valence-corrected chi connectivity index (χ0v) is 11.7. The lowest BCUT2D eigenvalue weighted by Crippen LogP contribution is -2.21. The summed E-state index contributed by atoms with van der Waals surface area (Å²) in [6, 6.07) is 4.64. The van der Waals surface area contributed by atoms with E-state index < -0.39 is 5.82 Å². The zero-order valence-electron chi connectivity index (χ0n) is 10.9. The number of halogens is 2. The van der Waals surface area contributed by atoms with Crippen LogP contribution in [0.15, 0.2) is 24.4 Å². The fraction of sp³-hybridized carbons (Fsp3) is 0.385. The van der Waals surface area contributed by atoms with E-state index in [9.17, 15) is 4.39 Å². The number of nitrogens with zero attached hydrogens (tertiary/aromatic N) is 3. The zero-order chi connectivity index (χ0) is 13.8. The number of aromatic nitrogens is 3. The molecule has 0 radical (unpaired) electrons. The Labute approximate surface area is 116 Å². The molecule has 1 N–H and O–H groups in total. The van der Waals surface area contributed by atoms with E-state index in [-0.39, 0.29) is 11.1 Å². The lowest BCUT2D eigenvalue weighted by molar-refractivity contribution is 0.521. The van der Waals surface area contributed by atoms with Crippen LogP contribution in [-0.2, 0) is 6.54 Å². The Balaban J connectivity index is 2.38. The van der Waals surface area contributed by atoms with Crippen molar-refractivity contribution in [1.29, 1.82) is 0 Å². The molecule has 1 aromatic heterocycles. The minimum absolute atomic E-state index is 0.124. The Kier molecular flexibility index (Phi) is 4.50. The summed E-state index contributed by atoms with van der Waals surface area (Å²) in [5, 5.41) is 11.3. The van der Waals surface area contributed by atoms with Gasteiger partial charge in [-0.25, -0.2) is 9.07 Å². The van der Waals surface area contributed by atoms with Gasteiger partial charge in [0.05, 0.1) is 23.0 Å². The highest BCUT2D eigenvalue weighted by atomic mass is 35.5. The third-order valence-corrected chi connectivity index (χ3v) is 3.25. The number of hydrogen-bond acceptors (Lipinski definition) is 3. The van der Waals surface area contributed by atoms with Crippen LogP contribution in [0, 0.1) is 5.82 Å². The predicted octanol–water partition coefficient (Wildman–Crippen LogP) is 2.79. The molecule has 0 aliphatic carbocycles. The van der Waals surface area contributed by atoms with Gasteiger partial charge in [-0.05, 0) is 31.2 Å². The molecular weight excluding hydrogens is 267 g/mol. The van der Waals surface area contributed by atoms with Gasteiger partial charge in [0.2, 0.25) is 0 Å². The minimum Gasteiger partial charge on any atom is -0.308 e. The number of nitrogens with one attached hydrogen (secondary N) is 1. The molecule has 19 heavy (non-hydrogen) atoms. The van der Waals surface area contributed by atoms with Crippen molar-refractivity contribution >= 4 is 11.6 Å². The van der Waals surface area contributed by atoms with Crippen LogP contribution in [0.2, 0.25) is 5.02 Å². The van der Waals surface area contributed by atoms with Gasteiger partial charge in [-0.3, -0.25) is 0 Å². The third kappa shape index (κ3) is 2.93. The van der Waals surface area contributed by atoms with Gasteiger partial charge < -0.3 is 5.32 Å². The first-order chi connectivity index (χ1) is 9.17. The topological polar surface area (TPSA) is 42.7 Å². The first-order valence-electron chi connectivity index (χ1n) is 6.18. The molecule has 1 atom stereocenters. The largest absolute Gasteiger partial charge is 0.308 e. The molecular formula is C13H16ClFN4. The Hall–Kier alpha value is -1.46. The molecule has 2 rings (SSSR count). The number of benzene rings is 1. The Bertz CT molecular complexity index is 555. The maximum absolute atomic E-state index is 13.6. The summed E-state index contributed by atoms with van der Waals surface area (Å²) < 4.78 is 15.4.